The van der Waals surface area contributed by atoms with E-state index in [1.165, 1.54) is 11.3 Å². The Morgan fingerprint density at radius 2 is 2.17 bits per heavy atom. The van der Waals surface area contributed by atoms with Crippen LogP contribution < -0.4 is 5.32 Å². The van der Waals surface area contributed by atoms with E-state index in [9.17, 15) is 4.79 Å². The molecule has 0 atom stereocenters. The Hall–Kier alpha value is -2.86. The summed E-state index contributed by atoms with van der Waals surface area (Å²) >= 11 is 1.43. The number of carbonyl (C=O) groups excluding carboxylic acids is 1. The van der Waals surface area contributed by atoms with Crippen LogP contribution in [0.2, 0.25) is 0 Å². The molecule has 1 aromatic carbocycles. The third-order valence-electron chi connectivity index (χ3n) is 3.79. The second-order valence-electron chi connectivity index (χ2n) is 5.41. The molecule has 3 aromatic heterocycles. The molecule has 0 saturated heterocycles. The number of amides is 1. The van der Waals surface area contributed by atoms with Gasteiger partial charge in [0.15, 0.2) is 5.13 Å². The quantitative estimate of drug-likeness (QED) is 0.565. The van der Waals surface area contributed by atoms with Gasteiger partial charge >= 0.3 is 0 Å². The van der Waals surface area contributed by atoms with Crippen molar-refractivity contribution in [3.05, 3.63) is 60.0 Å². The molecule has 5 nitrogen and oxygen atoms in total. The van der Waals surface area contributed by atoms with E-state index < -0.39 is 0 Å². The Kier molecular flexibility index (Phi) is 3.88. The van der Waals surface area contributed by atoms with E-state index in [2.05, 4.69) is 21.4 Å². The zero-order chi connectivity index (χ0) is 16.4. The highest BCUT2D eigenvalue weighted by Gasteiger charge is 2.11. The third-order valence-corrected chi connectivity index (χ3v) is 4.55. The average molecular weight is 337 g/mol. The minimum Gasteiger partial charge on any atom is -0.469 e. The summed E-state index contributed by atoms with van der Waals surface area (Å²) in [5, 5.41) is 6.54. The van der Waals surface area contributed by atoms with E-state index in [-0.39, 0.29) is 5.91 Å². The van der Waals surface area contributed by atoms with Gasteiger partial charge in [-0.15, -0.1) is 11.3 Å². The van der Waals surface area contributed by atoms with Gasteiger partial charge in [-0.25, -0.2) is 4.98 Å². The lowest BCUT2D eigenvalue weighted by molar-refractivity contribution is -0.116. The molecule has 3 heterocycles. The number of carbonyl (C=O) groups is 1. The first-order chi connectivity index (χ1) is 11.8. The highest BCUT2D eigenvalue weighted by atomic mass is 32.1. The number of H-pyrrole nitrogens is 1. The van der Waals surface area contributed by atoms with Gasteiger partial charge in [0.1, 0.15) is 5.76 Å². The largest absolute Gasteiger partial charge is 0.469 e. The summed E-state index contributed by atoms with van der Waals surface area (Å²) in [4.78, 5) is 19.8. The van der Waals surface area contributed by atoms with Crippen molar-refractivity contribution in [1.82, 2.24) is 9.97 Å². The number of nitrogens with zero attached hydrogens (tertiary/aromatic N) is 1. The number of hydrogen-bond donors (Lipinski definition) is 2. The average Bonchev–Trinajstić information content (AvgIpc) is 3.33. The first kappa shape index (κ1) is 14.7. The zero-order valence-corrected chi connectivity index (χ0v) is 13.6. The third kappa shape index (κ3) is 2.96. The molecule has 1 amide bonds. The van der Waals surface area contributed by atoms with E-state index in [4.69, 9.17) is 4.42 Å². The minimum atomic E-state index is -0.0637. The van der Waals surface area contributed by atoms with Gasteiger partial charge in [0.05, 0.1) is 12.0 Å². The van der Waals surface area contributed by atoms with E-state index in [0.717, 1.165) is 27.9 Å². The summed E-state index contributed by atoms with van der Waals surface area (Å²) in [7, 11) is 0. The molecule has 0 fully saturated rings. The number of furan rings is 1. The lowest BCUT2D eigenvalue weighted by atomic mass is 10.1. The smallest absolute Gasteiger partial charge is 0.226 e. The Bertz CT molecular complexity index is 969. The van der Waals surface area contributed by atoms with Gasteiger partial charge in [-0.2, -0.15) is 0 Å². The molecular formula is C18H15N3O2S. The molecule has 2 N–H and O–H groups in total. The Morgan fingerprint density at radius 1 is 1.25 bits per heavy atom. The Labute approximate surface area is 142 Å². The molecule has 0 saturated carbocycles. The lowest BCUT2D eigenvalue weighted by Gasteiger charge is -2.00. The number of thiazole rings is 1. The molecule has 0 aliphatic rings. The second kappa shape index (κ2) is 6.33. The molecule has 120 valence electrons. The topological polar surface area (TPSA) is 70.9 Å². The molecule has 0 radical (unpaired) electrons. The number of aryl methyl sites for hydroxylation is 1. The summed E-state index contributed by atoms with van der Waals surface area (Å²) in [6.07, 6.45) is 4.51. The van der Waals surface area contributed by atoms with Crippen LogP contribution in [0.1, 0.15) is 12.2 Å². The van der Waals surface area contributed by atoms with Crippen molar-refractivity contribution in [1.29, 1.82) is 0 Å². The summed E-state index contributed by atoms with van der Waals surface area (Å²) in [5.74, 6) is 0.745. The van der Waals surface area contributed by atoms with Crippen molar-refractivity contribution in [2.45, 2.75) is 12.8 Å². The number of aromatic nitrogens is 2. The normalized spacial score (nSPS) is 11.0. The van der Waals surface area contributed by atoms with Crippen molar-refractivity contribution >= 4 is 33.3 Å². The number of rotatable bonds is 5. The van der Waals surface area contributed by atoms with Gasteiger partial charge in [0.2, 0.25) is 5.91 Å². The lowest BCUT2D eigenvalue weighted by Crippen LogP contribution is -2.11. The standard InChI is InChI=1S/C18H15N3O2S/c22-17(8-7-12-4-3-9-23-12)21-18-20-16(11-24-18)14-10-19-15-6-2-1-5-13(14)15/h1-6,9-11,19H,7-8H2,(H,20,21,22). The summed E-state index contributed by atoms with van der Waals surface area (Å²) in [5.41, 5.74) is 2.97. The number of para-hydroxylation sites is 1. The molecule has 0 aliphatic heterocycles. The molecule has 0 bridgehead atoms. The number of nitrogens with one attached hydrogen (secondary N) is 2. The maximum absolute atomic E-state index is 12.0. The molecule has 6 heteroatoms. The molecule has 24 heavy (non-hydrogen) atoms. The number of aromatic amines is 1. The molecule has 4 rings (SSSR count). The second-order valence-corrected chi connectivity index (χ2v) is 6.27. The molecule has 0 spiro atoms. The van der Waals surface area contributed by atoms with Gasteiger partial charge in [-0.3, -0.25) is 4.79 Å². The predicted molar refractivity (Wildman–Crippen MR) is 95.1 cm³/mol. The van der Waals surface area contributed by atoms with Crippen LogP contribution in [0.25, 0.3) is 22.2 Å². The maximum atomic E-state index is 12.0. The number of benzene rings is 1. The van der Waals surface area contributed by atoms with Crippen LogP contribution in [0.4, 0.5) is 5.13 Å². The fourth-order valence-electron chi connectivity index (χ4n) is 2.61. The van der Waals surface area contributed by atoms with E-state index >= 15 is 0 Å². The van der Waals surface area contributed by atoms with Gasteiger partial charge in [0.25, 0.3) is 0 Å². The highest BCUT2D eigenvalue weighted by Crippen LogP contribution is 2.30. The molecular weight excluding hydrogens is 322 g/mol. The highest BCUT2D eigenvalue weighted by molar-refractivity contribution is 7.14. The van der Waals surface area contributed by atoms with Crippen molar-refractivity contribution < 1.29 is 9.21 Å². The minimum absolute atomic E-state index is 0.0637. The van der Waals surface area contributed by atoms with Gasteiger partial charge in [-0.05, 0) is 18.2 Å². The van der Waals surface area contributed by atoms with Crippen LogP contribution in [0.15, 0.2) is 58.7 Å². The van der Waals surface area contributed by atoms with Gasteiger partial charge in [-0.1, -0.05) is 18.2 Å². The van der Waals surface area contributed by atoms with Crippen LogP contribution in [0.5, 0.6) is 0 Å². The van der Waals surface area contributed by atoms with Gasteiger partial charge in [0, 0.05) is 40.9 Å². The zero-order valence-electron chi connectivity index (χ0n) is 12.8. The van der Waals surface area contributed by atoms with Crippen molar-refractivity contribution in [3.63, 3.8) is 0 Å². The molecule has 4 aromatic rings. The van der Waals surface area contributed by atoms with Crippen LogP contribution in [0.3, 0.4) is 0 Å². The van der Waals surface area contributed by atoms with Crippen molar-refractivity contribution in [2.75, 3.05) is 5.32 Å². The molecule has 0 unspecified atom stereocenters. The van der Waals surface area contributed by atoms with Crippen LogP contribution in [-0.2, 0) is 11.2 Å². The van der Waals surface area contributed by atoms with Crippen LogP contribution in [-0.4, -0.2) is 15.9 Å². The Morgan fingerprint density at radius 3 is 3.04 bits per heavy atom. The number of anilines is 1. The fraction of sp³-hybridized carbons (Fsp3) is 0.111. The fourth-order valence-corrected chi connectivity index (χ4v) is 3.34. The van der Waals surface area contributed by atoms with E-state index in [1.54, 1.807) is 6.26 Å². The summed E-state index contributed by atoms with van der Waals surface area (Å²) < 4.78 is 5.23. The number of fused-ring (bicyclic) bond motifs is 1. The first-order valence-corrected chi connectivity index (χ1v) is 8.52. The summed E-state index contributed by atoms with van der Waals surface area (Å²) in [6, 6.07) is 11.8. The van der Waals surface area contributed by atoms with E-state index in [1.807, 2.05) is 41.9 Å². The summed E-state index contributed by atoms with van der Waals surface area (Å²) in [6.45, 7) is 0. The maximum Gasteiger partial charge on any atom is 0.226 e. The SMILES string of the molecule is O=C(CCc1ccco1)Nc1nc(-c2c[nH]c3ccccc23)cs1. The van der Waals surface area contributed by atoms with Gasteiger partial charge < -0.3 is 14.7 Å². The predicted octanol–water partition coefficient (Wildman–Crippen LogP) is 4.46. The number of hydrogen-bond acceptors (Lipinski definition) is 4. The monoisotopic (exact) mass is 337 g/mol. The van der Waals surface area contributed by atoms with Crippen molar-refractivity contribution in [2.24, 2.45) is 0 Å². The van der Waals surface area contributed by atoms with Crippen molar-refractivity contribution in [3.8, 4) is 11.3 Å². The van der Waals surface area contributed by atoms with E-state index in [0.29, 0.717) is 18.0 Å². The van der Waals surface area contributed by atoms with Crippen LogP contribution >= 0.6 is 11.3 Å². The first-order valence-electron chi connectivity index (χ1n) is 7.64. The Balaban J connectivity index is 1.45. The molecule has 0 aliphatic carbocycles. The van der Waals surface area contributed by atoms with Crippen LogP contribution in [0, 0.1) is 0 Å².